The minimum atomic E-state index is -0.582. The molecule has 0 fully saturated rings. The van der Waals surface area contributed by atoms with E-state index < -0.39 is 5.91 Å². The monoisotopic (exact) mass is 371 g/mol. The van der Waals surface area contributed by atoms with Gasteiger partial charge in [0.05, 0.1) is 22.4 Å². The number of nitrogens with zero attached hydrogens (tertiary/aromatic N) is 2. The number of H-pyrrole nitrogens is 1. The molecule has 0 saturated carbocycles. The molecule has 1 aromatic heterocycles. The third-order valence-electron chi connectivity index (χ3n) is 3.37. The quantitative estimate of drug-likeness (QED) is 0.469. The van der Waals surface area contributed by atoms with Gasteiger partial charge in [0, 0.05) is 22.3 Å². The SMILES string of the molecule is N#C/C(=C/Nc1ccc2cn[nH]c2c1)C(=O)Nc1ccc(Cl)cc1Cl. The molecule has 0 aliphatic carbocycles. The van der Waals surface area contributed by atoms with Crippen molar-refractivity contribution in [1.29, 1.82) is 5.26 Å². The van der Waals surface area contributed by atoms with Crippen LogP contribution in [-0.4, -0.2) is 16.1 Å². The minimum Gasteiger partial charge on any atom is -0.360 e. The summed E-state index contributed by atoms with van der Waals surface area (Å²) in [5.74, 6) is -0.582. The summed E-state index contributed by atoms with van der Waals surface area (Å²) in [6.45, 7) is 0. The van der Waals surface area contributed by atoms with Crippen LogP contribution in [0.4, 0.5) is 11.4 Å². The number of carbonyl (C=O) groups excluding carboxylic acids is 1. The van der Waals surface area contributed by atoms with Crippen LogP contribution in [0.25, 0.3) is 10.9 Å². The number of amides is 1. The highest BCUT2D eigenvalue weighted by atomic mass is 35.5. The summed E-state index contributed by atoms with van der Waals surface area (Å²) in [7, 11) is 0. The molecule has 1 heterocycles. The van der Waals surface area contributed by atoms with Gasteiger partial charge >= 0.3 is 0 Å². The first kappa shape index (κ1) is 16.8. The highest BCUT2D eigenvalue weighted by molar-refractivity contribution is 6.36. The number of fused-ring (bicyclic) bond motifs is 1. The largest absolute Gasteiger partial charge is 0.360 e. The van der Waals surface area contributed by atoms with Gasteiger partial charge in [0.25, 0.3) is 5.91 Å². The maximum absolute atomic E-state index is 12.2. The number of nitriles is 1. The fraction of sp³-hybridized carbons (Fsp3) is 0. The van der Waals surface area contributed by atoms with Crippen molar-refractivity contribution < 1.29 is 4.79 Å². The van der Waals surface area contributed by atoms with E-state index >= 15 is 0 Å². The van der Waals surface area contributed by atoms with E-state index in [0.29, 0.717) is 16.4 Å². The molecule has 0 spiro atoms. The average molecular weight is 372 g/mol. The summed E-state index contributed by atoms with van der Waals surface area (Å²) in [6, 6.07) is 12.0. The Hall–Kier alpha value is -3.01. The van der Waals surface area contributed by atoms with Crippen molar-refractivity contribution in [3.63, 3.8) is 0 Å². The van der Waals surface area contributed by atoms with Gasteiger partial charge in [-0.15, -0.1) is 0 Å². The van der Waals surface area contributed by atoms with Crippen LogP contribution in [-0.2, 0) is 4.79 Å². The van der Waals surface area contributed by atoms with Gasteiger partial charge in [0.1, 0.15) is 11.6 Å². The molecule has 6 nitrogen and oxygen atoms in total. The first-order chi connectivity index (χ1) is 12.1. The molecule has 0 radical (unpaired) electrons. The first-order valence-corrected chi connectivity index (χ1v) is 7.89. The summed E-state index contributed by atoms with van der Waals surface area (Å²) in [5, 5.41) is 23.2. The molecule has 0 aliphatic rings. The molecule has 0 aliphatic heterocycles. The summed E-state index contributed by atoms with van der Waals surface area (Å²) in [4.78, 5) is 12.2. The second-order valence-electron chi connectivity index (χ2n) is 5.06. The summed E-state index contributed by atoms with van der Waals surface area (Å²) in [6.07, 6.45) is 3.04. The van der Waals surface area contributed by atoms with Crippen LogP contribution < -0.4 is 10.6 Å². The summed E-state index contributed by atoms with van der Waals surface area (Å²) < 4.78 is 0. The topological polar surface area (TPSA) is 93.6 Å². The van der Waals surface area contributed by atoms with Gasteiger partial charge in [-0.2, -0.15) is 10.4 Å². The third-order valence-corrected chi connectivity index (χ3v) is 3.92. The van der Waals surface area contributed by atoms with Crippen molar-refractivity contribution >= 4 is 51.4 Å². The fourth-order valence-electron chi connectivity index (χ4n) is 2.11. The van der Waals surface area contributed by atoms with Crippen molar-refractivity contribution in [1.82, 2.24) is 10.2 Å². The molecule has 0 unspecified atom stereocenters. The Bertz CT molecular complexity index is 1020. The van der Waals surface area contributed by atoms with E-state index in [1.54, 1.807) is 18.3 Å². The maximum Gasteiger partial charge on any atom is 0.267 e. The maximum atomic E-state index is 12.2. The number of hydrogen-bond donors (Lipinski definition) is 3. The zero-order valence-corrected chi connectivity index (χ0v) is 14.2. The van der Waals surface area contributed by atoms with Gasteiger partial charge in [-0.05, 0) is 36.4 Å². The van der Waals surface area contributed by atoms with Crippen LogP contribution in [0, 0.1) is 11.3 Å². The highest BCUT2D eigenvalue weighted by Crippen LogP contribution is 2.25. The Morgan fingerprint density at radius 1 is 1.24 bits per heavy atom. The van der Waals surface area contributed by atoms with Crippen molar-refractivity contribution in [2.75, 3.05) is 10.6 Å². The van der Waals surface area contributed by atoms with E-state index in [2.05, 4.69) is 20.8 Å². The van der Waals surface area contributed by atoms with Crippen molar-refractivity contribution in [3.8, 4) is 6.07 Å². The van der Waals surface area contributed by atoms with Crippen molar-refractivity contribution in [3.05, 3.63) is 64.4 Å². The minimum absolute atomic E-state index is 0.101. The molecule has 0 atom stereocenters. The van der Waals surface area contributed by atoms with E-state index in [1.165, 1.54) is 12.3 Å². The highest BCUT2D eigenvalue weighted by Gasteiger charge is 2.11. The Labute approximate surface area is 153 Å². The molecule has 3 aromatic rings. The molecular formula is C17H11Cl2N5O. The third kappa shape index (κ3) is 3.91. The van der Waals surface area contributed by atoms with Crippen LogP contribution in [0.5, 0.6) is 0 Å². The Kier molecular flexibility index (Phi) is 4.89. The van der Waals surface area contributed by atoms with Crippen LogP contribution in [0.3, 0.4) is 0 Å². The molecule has 124 valence electrons. The van der Waals surface area contributed by atoms with Crippen LogP contribution >= 0.6 is 23.2 Å². The first-order valence-electron chi connectivity index (χ1n) is 7.13. The van der Waals surface area contributed by atoms with Crippen molar-refractivity contribution in [2.24, 2.45) is 0 Å². The number of rotatable bonds is 4. The molecule has 2 aromatic carbocycles. The predicted octanol–water partition coefficient (Wildman–Crippen LogP) is 4.33. The van der Waals surface area contributed by atoms with Gasteiger partial charge in [0.2, 0.25) is 0 Å². The number of aromatic nitrogens is 2. The van der Waals surface area contributed by atoms with Crippen molar-refractivity contribution in [2.45, 2.75) is 0 Å². The fourth-order valence-corrected chi connectivity index (χ4v) is 2.57. The Morgan fingerprint density at radius 2 is 2.08 bits per heavy atom. The molecule has 25 heavy (non-hydrogen) atoms. The zero-order chi connectivity index (χ0) is 17.8. The number of aromatic amines is 1. The normalized spacial score (nSPS) is 11.2. The number of hydrogen-bond acceptors (Lipinski definition) is 4. The second-order valence-corrected chi connectivity index (χ2v) is 5.91. The lowest BCUT2D eigenvalue weighted by molar-refractivity contribution is -0.112. The number of halogens is 2. The Balaban J connectivity index is 1.75. The molecule has 3 rings (SSSR count). The molecule has 3 N–H and O–H groups in total. The number of benzene rings is 2. The van der Waals surface area contributed by atoms with E-state index in [9.17, 15) is 10.1 Å². The molecular weight excluding hydrogens is 361 g/mol. The summed E-state index contributed by atoms with van der Waals surface area (Å²) >= 11 is 11.8. The van der Waals surface area contributed by atoms with E-state index in [-0.39, 0.29) is 10.6 Å². The molecule has 8 heteroatoms. The van der Waals surface area contributed by atoms with Gasteiger partial charge in [-0.25, -0.2) is 0 Å². The molecule has 0 saturated heterocycles. The van der Waals surface area contributed by atoms with Gasteiger partial charge in [-0.1, -0.05) is 23.2 Å². The van der Waals surface area contributed by atoms with E-state index in [0.717, 1.165) is 10.9 Å². The van der Waals surface area contributed by atoms with Gasteiger partial charge < -0.3 is 10.6 Å². The second kappa shape index (κ2) is 7.26. The smallest absolute Gasteiger partial charge is 0.267 e. The zero-order valence-electron chi connectivity index (χ0n) is 12.7. The predicted molar refractivity (Wildman–Crippen MR) is 98.5 cm³/mol. The van der Waals surface area contributed by atoms with Gasteiger partial charge in [-0.3, -0.25) is 9.89 Å². The Morgan fingerprint density at radius 3 is 2.84 bits per heavy atom. The molecule has 0 bridgehead atoms. The number of nitrogens with one attached hydrogen (secondary N) is 3. The number of carbonyl (C=O) groups is 1. The van der Waals surface area contributed by atoms with Crippen LogP contribution in [0.2, 0.25) is 10.0 Å². The number of anilines is 2. The van der Waals surface area contributed by atoms with E-state index in [1.807, 2.05) is 24.3 Å². The van der Waals surface area contributed by atoms with E-state index in [4.69, 9.17) is 23.2 Å². The summed E-state index contributed by atoms with van der Waals surface area (Å²) in [5.41, 5.74) is 1.82. The lowest BCUT2D eigenvalue weighted by Gasteiger charge is -2.07. The van der Waals surface area contributed by atoms with Crippen LogP contribution in [0.1, 0.15) is 0 Å². The standard InChI is InChI=1S/C17H11Cl2N5O/c18-12-2-4-15(14(19)5-12)23-17(25)11(7-20)8-21-13-3-1-10-9-22-24-16(10)6-13/h1-6,8-9,21H,(H,22,24)(H,23,25)/b11-8-. The van der Waals surface area contributed by atoms with Gasteiger partial charge in [0.15, 0.2) is 0 Å². The molecule has 1 amide bonds. The van der Waals surface area contributed by atoms with Crippen LogP contribution in [0.15, 0.2) is 54.4 Å². The lowest BCUT2D eigenvalue weighted by Crippen LogP contribution is -2.14. The lowest BCUT2D eigenvalue weighted by atomic mass is 10.2. The average Bonchev–Trinajstić information content (AvgIpc) is 3.05.